The van der Waals surface area contributed by atoms with E-state index in [0.29, 0.717) is 0 Å². The van der Waals surface area contributed by atoms with Gasteiger partial charge in [-0.05, 0) is 55.7 Å². The summed E-state index contributed by atoms with van der Waals surface area (Å²) in [6, 6.07) is 17.3. The molecule has 1 heteroatoms. The highest BCUT2D eigenvalue weighted by Gasteiger charge is 2.06. The topological polar surface area (TPSA) is 9.23 Å². The van der Waals surface area contributed by atoms with E-state index in [1.54, 1.807) is 7.11 Å². The van der Waals surface area contributed by atoms with Crippen molar-refractivity contribution in [2.24, 2.45) is 5.92 Å². The predicted octanol–water partition coefficient (Wildman–Crippen LogP) is 5.21. The molecular weight excluding hydrogens is 256 g/mol. The Labute approximate surface area is 129 Å². The minimum absolute atomic E-state index is 0.733. The zero-order valence-electron chi connectivity index (χ0n) is 13.4. The van der Waals surface area contributed by atoms with Crippen LogP contribution in [0.2, 0.25) is 0 Å². The van der Waals surface area contributed by atoms with Crippen molar-refractivity contribution in [1.29, 1.82) is 0 Å². The number of ether oxygens (including phenoxy) is 1. The first-order chi connectivity index (χ1) is 10.2. The lowest BCUT2D eigenvalue weighted by Crippen LogP contribution is -2.01. The number of hydrogen-bond acceptors (Lipinski definition) is 1. The largest absolute Gasteiger partial charge is 0.496 e. The molecule has 21 heavy (non-hydrogen) atoms. The molecule has 1 nitrogen and oxygen atoms in total. The average molecular weight is 282 g/mol. The van der Waals surface area contributed by atoms with Crippen molar-refractivity contribution in [2.75, 3.05) is 7.11 Å². The number of para-hydroxylation sites is 1. The van der Waals surface area contributed by atoms with Crippen LogP contribution in [0, 0.1) is 12.8 Å². The number of methoxy groups -OCH3 is 1. The fourth-order valence-corrected chi connectivity index (χ4v) is 2.62. The van der Waals surface area contributed by atoms with Crippen molar-refractivity contribution in [3.8, 4) is 5.75 Å². The van der Waals surface area contributed by atoms with Crippen molar-refractivity contribution in [2.45, 2.75) is 39.5 Å². The number of aryl methyl sites for hydroxylation is 3. The third kappa shape index (κ3) is 4.93. The quantitative estimate of drug-likeness (QED) is 0.677. The predicted molar refractivity (Wildman–Crippen MR) is 90.0 cm³/mol. The fourth-order valence-electron chi connectivity index (χ4n) is 2.62. The monoisotopic (exact) mass is 282 g/mol. The van der Waals surface area contributed by atoms with Gasteiger partial charge in [0.05, 0.1) is 7.11 Å². The summed E-state index contributed by atoms with van der Waals surface area (Å²) >= 11 is 0. The smallest absolute Gasteiger partial charge is 0.122 e. The maximum absolute atomic E-state index is 5.42. The van der Waals surface area contributed by atoms with Gasteiger partial charge in [-0.25, -0.2) is 0 Å². The normalized spacial score (nSPS) is 12.1. The van der Waals surface area contributed by atoms with E-state index in [1.807, 2.05) is 12.1 Å². The van der Waals surface area contributed by atoms with Crippen LogP contribution in [0.15, 0.2) is 48.5 Å². The number of hydrogen-bond donors (Lipinski definition) is 0. The molecule has 112 valence electrons. The number of rotatable bonds is 7. The third-order valence-corrected chi connectivity index (χ3v) is 4.15. The molecule has 2 rings (SSSR count). The maximum Gasteiger partial charge on any atom is 0.122 e. The molecule has 1 unspecified atom stereocenters. The van der Waals surface area contributed by atoms with Crippen LogP contribution in [0.1, 0.15) is 36.5 Å². The lowest BCUT2D eigenvalue weighted by molar-refractivity contribution is 0.405. The first-order valence-corrected chi connectivity index (χ1v) is 7.86. The van der Waals surface area contributed by atoms with Gasteiger partial charge in [0.2, 0.25) is 0 Å². The average Bonchev–Trinajstić information content (AvgIpc) is 2.52. The summed E-state index contributed by atoms with van der Waals surface area (Å²) in [6.07, 6.45) is 4.73. The summed E-state index contributed by atoms with van der Waals surface area (Å²) in [4.78, 5) is 0. The van der Waals surface area contributed by atoms with Gasteiger partial charge in [0.15, 0.2) is 0 Å². The second kappa shape index (κ2) is 7.87. The highest BCUT2D eigenvalue weighted by Crippen LogP contribution is 2.22. The van der Waals surface area contributed by atoms with Crippen LogP contribution in [-0.4, -0.2) is 7.11 Å². The second-order valence-electron chi connectivity index (χ2n) is 5.98. The molecule has 0 saturated carbocycles. The zero-order chi connectivity index (χ0) is 15.1. The highest BCUT2D eigenvalue weighted by molar-refractivity contribution is 5.33. The maximum atomic E-state index is 5.42. The lowest BCUT2D eigenvalue weighted by atomic mass is 9.94. The molecule has 1 atom stereocenters. The van der Waals surface area contributed by atoms with E-state index in [9.17, 15) is 0 Å². The summed E-state index contributed by atoms with van der Waals surface area (Å²) in [6.45, 7) is 4.49. The van der Waals surface area contributed by atoms with Crippen LogP contribution >= 0.6 is 0 Å². The summed E-state index contributed by atoms with van der Waals surface area (Å²) in [5, 5.41) is 0. The Hall–Kier alpha value is -1.76. The van der Waals surface area contributed by atoms with Gasteiger partial charge in [0, 0.05) is 0 Å². The highest BCUT2D eigenvalue weighted by atomic mass is 16.5. The molecule has 0 radical (unpaired) electrons. The van der Waals surface area contributed by atoms with Gasteiger partial charge in [0.1, 0.15) is 5.75 Å². The van der Waals surface area contributed by atoms with Gasteiger partial charge in [-0.2, -0.15) is 0 Å². The summed E-state index contributed by atoms with van der Waals surface area (Å²) in [5.41, 5.74) is 4.11. The van der Waals surface area contributed by atoms with Crippen molar-refractivity contribution in [1.82, 2.24) is 0 Å². The van der Waals surface area contributed by atoms with Crippen LogP contribution in [-0.2, 0) is 12.8 Å². The fraction of sp³-hybridized carbons (Fsp3) is 0.400. The Balaban J connectivity index is 1.79. The van der Waals surface area contributed by atoms with Crippen LogP contribution in [0.4, 0.5) is 0 Å². The standard InChI is InChI=1S/C20H26O/c1-16-8-12-18(13-9-16)14-10-17(2)11-15-19-6-4-5-7-20(19)21-3/h4-9,12-13,17H,10-11,14-15H2,1-3H3. The van der Waals surface area contributed by atoms with Crippen LogP contribution in [0.25, 0.3) is 0 Å². The molecular formula is C20H26O. The molecule has 0 amide bonds. The molecule has 0 bridgehead atoms. The Kier molecular flexibility index (Phi) is 5.86. The minimum Gasteiger partial charge on any atom is -0.496 e. The zero-order valence-corrected chi connectivity index (χ0v) is 13.4. The van der Waals surface area contributed by atoms with Crippen molar-refractivity contribution >= 4 is 0 Å². The third-order valence-electron chi connectivity index (χ3n) is 4.15. The number of benzene rings is 2. The SMILES string of the molecule is COc1ccccc1CCC(C)CCc1ccc(C)cc1. The van der Waals surface area contributed by atoms with Gasteiger partial charge in [-0.1, -0.05) is 55.0 Å². The summed E-state index contributed by atoms with van der Waals surface area (Å²) in [7, 11) is 1.75. The first-order valence-electron chi connectivity index (χ1n) is 7.86. The summed E-state index contributed by atoms with van der Waals surface area (Å²) < 4.78 is 5.42. The molecule has 0 aliphatic carbocycles. The second-order valence-corrected chi connectivity index (χ2v) is 5.98. The van der Waals surface area contributed by atoms with Gasteiger partial charge >= 0.3 is 0 Å². The van der Waals surface area contributed by atoms with Crippen molar-refractivity contribution in [3.05, 3.63) is 65.2 Å². The molecule has 2 aromatic rings. The van der Waals surface area contributed by atoms with E-state index in [-0.39, 0.29) is 0 Å². The van der Waals surface area contributed by atoms with Crippen LogP contribution in [0.3, 0.4) is 0 Å². The Morgan fingerprint density at radius 3 is 2.29 bits per heavy atom. The van der Waals surface area contributed by atoms with Crippen molar-refractivity contribution < 1.29 is 4.74 Å². The molecule has 0 saturated heterocycles. The van der Waals surface area contributed by atoms with E-state index in [0.717, 1.165) is 18.1 Å². The van der Waals surface area contributed by atoms with E-state index in [1.165, 1.54) is 36.0 Å². The Bertz CT molecular complexity index is 542. The van der Waals surface area contributed by atoms with Gasteiger partial charge in [-0.15, -0.1) is 0 Å². The van der Waals surface area contributed by atoms with Gasteiger partial charge in [-0.3, -0.25) is 0 Å². The Morgan fingerprint density at radius 1 is 0.905 bits per heavy atom. The van der Waals surface area contributed by atoms with E-state index in [4.69, 9.17) is 4.74 Å². The molecule has 0 fully saturated rings. The Morgan fingerprint density at radius 2 is 1.57 bits per heavy atom. The molecule has 0 aliphatic heterocycles. The first kappa shape index (κ1) is 15.6. The van der Waals surface area contributed by atoms with Gasteiger partial charge < -0.3 is 4.74 Å². The van der Waals surface area contributed by atoms with Crippen molar-refractivity contribution in [3.63, 3.8) is 0 Å². The van der Waals surface area contributed by atoms with Crippen LogP contribution < -0.4 is 4.74 Å². The van der Waals surface area contributed by atoms with E-state index < -0.39 is 0 Å². The molecule has 0 heterocycles. The lowest BCUT2D eigenvalue weighted by Gasteiger charge is -2.13. The molecule has 0 aromatic heterocycles. The minimum atomic E-state index is 0.733. The molecule has 2 aromatic carbocycles. The van der Waals surface area contributed by atoms with E-state index >= 15 is 0 Å². The van der Waals surface area contributed by atoms with E-state index in [2.05, 4.69) is 50.2 Å². The summed E-state index contributed by atoms with van der Waals surface area (Å²) in [5.74, 6) is 1.75. The molecule has 0 spiro atoms. The molecule has 0 N–H and O–H groups in total. The molecule has 0 aliphatic rings. The van der Waals surface area contributed by atoms with Crippen LogP contribution in [0.5, 0.6) is 5.75 Å². The van der Waals surface area contributed by atoms with Gasteiger partial charge in [0.25, 0.3) is 0 Å².